The van der Waals surface area contributed by atoms with Crippen LogP contribution in [0.3, 0.4) is 0 Å². The number of hydrogen-bond acceptors (Lipinski definition) is 5. The van der Waals surface area contributed by atoms with Gasteiger partial charge in [0.25, 0.3) is 5.91 Å². The molecule has 0 saturated carbocycles. The molecule has 0 aliphatic rings. The number of hydrogen-bond donors (Lipinski definition) is 2. The number of carbonyl (C=O) groups is 1. The summed E-state index contributed by atoms with van der Waals surface area (Å²) in [6.45, 7) is 5.96. The second-order valence-corrected chi connectivity index (χ2v) is 5.24. The van der Waals surface area contributed by atoms with E-state index in [2.05, 4.69) is 20.6 Å². The van der Waals surface area contributed by atoms with Gasteiger partial charge in [0.1, 0.15) is 17.3 Å². The number of anilines is 2. The van der Waals surface area contributed by atoms with Gasteiger partial charge >= 0.3 is 0 Å². The summed E-state index contributed by atoms with van der Waals surface area (Å²) in [4.78, 5) is 20.5. The smallest absolute Gasteiger partial charge is 0.275 e. The molecule has 0 aliphatic heterocycles. The first kappa shape index (κ1) is 15.8. The summed E-state index contributed by atoms with van der Waals surface area (Å²) in [5, 5.41) is 5.91. The average Bonchev–Trinajstić information content (AvgIpc) is 2.47. The van der Waals surface area contributed by atoms with Crippen LogP contribution in [0.15, 0.2) is 30.6 Å². The van der Waals surface area contributed by atoms with E-state index >= 15 is 0 Å². The van der Waals surface area contributed by atoms with E-state index in [9.17, 15) is 4.79 Å². The molecule has 1 heterocycles. The Labute approximate surface area is 129 Å². The normalized spacial score (nSPS) is 10.4. The zero-order chi connectivity index (χ0) is 16.1. The van der Waals surface area contributed by atoms with Crippen molar-refractivity contribution in [3.8, 4) is 5.75 Å². The van der Waals surface area contributed by atoms with E-state index in [0.717, 1.165) is 5.56 Å². The minimum atomic E-state index is -0.326. The lowest BCUT2D eigenvalue weighted by Crippen LogP contribution is -2.16. The molecule has 6 nitrogen and oxygen atoms in total. The number of nitrogens with one attached hydrogen (secondary N) is 2. The molecule has 6 heteroatoms. The number of aromatic nitrogens is 2. The third kappa shape index (κ3) is 3.94. The number of carbonyl (C=O) groups excluding carboxylic acids is 1. The van der Waals surface area contributed by atoms with Crippen molar-refractivity contribution in [2.75, 3.05) is 17.7 Å². The Kier molecular flexibility index (Phi) is 4.93. The summed E-state index contributed by atoms with van der Waals surface area (Å²) in [6.07, 6.45) is 2.99. The highest BCUT2D eigenvalue weighted by Crippen LogP contribution is 2.25. The Morgan fingerprint density at radius 2 is 2.00 bits per heavy atom. The summed E-state index contributed by atoms with van der Waals surface area (Å²) in [5.74, 6) is 0.914. The maximum atomic E-state index is 12.2. The highest BCUT2D eigenvalue weighted by molar-refractivity contribution is 6.03. The third-order valence-electron chi connectivity index (χ3n) is 2.92. The molecule has 2 rings (SSSR count). The number of amides is 1. The largest absolute Gasteiger partial charge is 0.495 e. The third-order valence-corrected chi connectivity index (χ3v) is 2.92. The Morgan fingerprint density at radius 3 is 2.59 bits per heavy atom. The fourth-order valence-electron chi connectivity index (χ4n) is 1.92. The van der Waals surface area contributed by atoms with Gasteiger partial charge in [0, 0.05) is 6.04 Å². The second kappa shape index (κ2) is 6.89. The van der Waals surface area contributed by atoms with Gasteiger partial charge in [-0.2, -0.15) is 0 Å². The molecule has 0 unspecified atom stereocenters. The number of methoxy groups -OCH3 is 1. The van der Waals surface area contributed by atoms with Crippen LogP contribution in [0.2, 0.25) is 0 Å². The molecule has 1 aromatic carbocycles. The lowest BCUT2D eigenvalue weighted by molar-refractivity contribution is 0.102. The van der Waals surface area contributed by atoms with Crippen molar-refractivity contribution in [2.45, 2.75) is 26.8 Å². The van der Waals surface area contributed by atoms with Crippen LogP contribution in [0.4, 0.5) is 11.5 Å². The molecule has 0 spiro atoms. The van der Waals surface area contributed by atoms with Crippen LogP contribution >= 0.6 is 0 Å². The standard InChI is InChI=1S/C16H20N4O2/c1-10(2)19-15-9-17-13(8-18-15)16(21)20-12-7-11(3)5-6-14(12)22-4/h5-10H,1-4H3,(H,18,19)(H,20,21). The van der Waals surface area contributed by atoms with Crippen LogP contribution in [0.25, 0.3) is 0 Å². The molecule has 0 atom stereocenters. The summed E-state index contributed by atoms with van der Waals surface area (Å²) < 4.78 is 5.24. The molecular formula is C16H20N4O2. The highest BCUT2D eigenvalue weighted by atomic mass is 16.5. The van der Waals surface area contributed by atoms with Crippen LogP contribution in [0.1, 0.15) is 29.9 Å². The van der Waals surface area contributed by atoms with E-state index in [1.54, 1.807) is 13.3 Å². The maximum absolute atomic E-state index is 12.2. The first-order valence-corrected chi connectivity index (χ1v) is 7.04. The maximum Gasteiger partial charge on any atom is 0.275 e. The molecule has 2 aromatic rings. The van der Waals surface area contributed by atoms with Crippen molar-refractivity contribution in [3.05, 3.63) is 41.9 Å². The van der Waals surface area contributed by atoms with Gasteiger partial charge in [-0.25, -0.2) is 9.97 Å². The van der Waals surface area contributed by atoms with Gasteiger partial charge in [0.2, 0.25) is 0 Å². The Bertz CT molecular complexity index is 654. The predicted octanol–water partition coefficient (Wildman–Crippen LogP) is 2.87. The fraction of sp³-hybridized carbons (Fsp3) is 0.312. The van der Waals surface area contributed by atoms with Gasteiger partial charge < -0.3 is 15.4 Å². The molecule has 0 aliphatic carbocycles. The van der Waals surface area contributed by atoms with Gasteiger partial charge in [0.05, 0.1) is 25.2 Å². The number of benzene rings is 1. The molecule has 0 bridgehead atoms. The Morgan fingerprint density at radius 1 is 1.23 bits per heavy atom. The van der Waals surface area contributed by atoms with Gasteiger partial charge in [-0.1, -0.05) is 6.07 Å². The lowest BCUT2D eigenvalue weighted by atomic mass is 10.2. The number of rotatable bonds is 5. The highest BCUT2D eigenvalue weighted by Gasteiger charge is 2.12. The van der Waals surface area contributed by atoms with Crippen molar-refractivity contribution in [2.24, 2.45) is 0 Å². The zero-order valence-electron chi connectivity index (χ0n) is 13.2. The molecule has 0 fully saturated rings. The van der Waals surface area contributed by atoms with E-state index in [4.69, 9.17) is 4.74 Å². The number of ether oxygens (including phenoxy) is 1. The van der Waals surface area contributed by atoms with Crippen molar-refractivity contribution >= 4 is 17.4 Å². The summed E-state index contributed by atoms with van der Waals surface area (Å²) in [5.41, 5.74) is 1.88. The van der Waals surface area contributed by atoms with E-state index < -0.39 is 0 Å². The molecule has 116 valence electrons. The van der Waals surface area contributed by atoms with E-state index in [1.807, 2.05) is 39.0 Å². The summed E-state index contributed by atoms with van der Waals surface area (Å²) >= 11 is 0. The number of nitrogens with zero attached hydrogens (tertiary/aromatic N) is 2. The van der Waals surface area contributed by atoms with Crippen molar-refractivity contribution < 1.29 is 9.53 Å². The minimum Gasteiger partial charge on any atom is -0.495 e. The molecule has 2 N–H and O–H groups in total. The van der Waals surface area contributed by atoms with E-state index in [0.29, 0.717) is 17.3 Å². The lowest BCUT2D eigenvalue weighted by Gasteiger charge is -2.11. The van der Waals surface area contributed by atoms with Crippen LogP contribution < -0.4 is 15.4 Å². The molecule has 0 radical (unpaired) electrons. The SMILES string of the molecule is COc1ccc(C)cc1NC(=O)c1cnc(NC(C)C)cn1. The molecule has 0 saturated heterocycles. The topological polar surface area (TPSA) is 76.1 Å². The van der Waals surface area contributed by atoms with Crippen molar-refractivity contribution in [3.63, 3.8) is 0 Å². The Hall–Kier alpha value is -2.63. The molecule has 1 aromatic heterocycles. The van der Waals surface area contributed by atoms with Gasteiger partial charge in [-0.15, -0.1) is 0 Å². The van der Waals surface area contributed by atoms with Crippen molar-refractivity contribution in [1.29, 1.82) is 0 Å². The quantitative estimate of drug-likeness (QED) is 0.888. The fourth-order valence-corrected chi connectivity index (χ4v) is 1.92. The first-order chi connectivity index (χ1) is 10.5. The zero-order valence-corrected chi connectivity index (χ0v) is 13.2. The molecule has 1 amide bonds. The Balaban J connectivity index is 2.14. The van der Waals surface area contributed by atoms with Crippen LogP contribution in [0, 0.1) is 6.92 Å². The predicted molar refractivity (Wildman–Crippen MR) is 86.5 cm³/mol. The summed E-state index contributed by atoms with van der Waals surface area (Å²) in [6, 6.07) is 5.83. The van der Waals surface area contributed by atoms with Gasteiger partial charge in [-0.3, -0.25) is 4.79 Å². The van der Waals surface area contributed by atoms with Crippen LogP contribution in [0.5, 0.6) is 5.75 Å². The van der Waals surface area contributed by atoms with Crippen LogP contribution in [-0.4, -0.2) is 29.0 Å². The van der Waals surface area contributed by atoms with E-state index in [1.165, 1.54) is 6.20 Å². The molecular weight excluding hydrogens is 280 g/mol. The van der Waals surface area contributed by atoms with Gasteiger partial charge in [-0.05, 0) is 38.5 Å². The summed E-state index contributed by atoms with van der Waals surface area (Å²) in [7, 11) is 1.56. The number of aryl methyl sites for hydroxylation is 1. The van der Waals surface area contributed by atoms with Crippen LogP contribution in [-0.2, 0) is 0 Å². The minimum absolute atomic E-state index is 0.248. The molecule has 22 heavy (non-hydrogen) atoms. The monoisotopic (exact) mass is 300 g/mol. The van der Waals surface area contributed by atoms with E-state index in [-0.39, 0.29) is 17.6 Å². The average molecular weight is 300 g/mol. The first-order valence-electron chi connectivity index (χ1n) is 7.04. The van der Waals surface area contributed by atoms with Gasteiger partial charge in [0.15, 0.2) is 0 Å². The van der Waals surface area contributed by atoms with Crippen molar-refractivity contribution in [1.82, 2.24) is 9.97 Å². The second-order valence-electron chi connectivity index (χ2n) is 5.24.